The summed E-state index contributed by atoms with van der Waals surface area (Å²) in [5.41, 5.74) is 1.02. The molecule has 2 rings (SSSR count). The number of rotatable bonds is 4. The standard InChI is InChI=1S/C12H14FN3O/c1-8(10-3-5-11(13)6-4-10)14-7-12-15-9(2)17-16-12/h3-6,8,14H,7H2,1-2H3/t8-/m0/s1. The molecule has 90 valence electrons. The molecule has 17 heavy (non-hydrogen) atoms. The van der Waals surface area contributed by atoms with E-state index in [1.165, 1.54) is 12.1 Å². The quantitative estimate of drug-likeness (QED) is 0.883. The molecule has 0 aliphatic rings. The van der Waals surface area contributed by atoms with Crippen LogP contribution in [0.25, 0.3) is 0 Å². The Morgan fingerprint density at radius 3 is 2.65 bits per heavy atom. The highest BCUT2D eigenvalue weighted by Gasteiger charge is 2.07. The summed E-state index contributed by atoms with van der Waals surface area (Å²) in [4.78, 5) is 4.09. The van der Waals surface area contributed by atoms with E-state index in [0.717, 1.165) is 5.56 Å². The van der Waals surface area contributed by atoms with Gasteiger partial charge in [-0.3, -0.25) is 0 Å². The van der Waals surface area contributed by atoms with Crippen LogP contribution in [0, 0.1) is 12.7 Å². The molecule has 0 fully saturated rings. The zero-order chi connectivity index (χ0) is 12.3. The van der Waals surface area contributed by atoms with E-state index in [1.54, 1.807) is 19.1 Å². The monoisotopic (exact) mass is 235 g/mol. The van der Waals surface area contributed by atoms with E-state index in [0.29, 0.717) is 18.3 Å². The second kappa shape index (κ2) is 5.05. The Hall–Kier alpha value is -1.75. The Kier molecular flexibility index (Phi) is 3.49. The zero-order valence-electron chi connectivity index (χ0n) is 9.77. The SMILES string of the molecule is Cc1nc(CN[C@@H](C)c2ccc(F)cc2)no1. The van der Waals surface area contributed by atoms with Crippen LogP contribution in [-0.2, 0) is 6.54 Å². The van der Waals surface area contributed by atoms with Crippen LogP contribution in [0.2, 0.25) is 0 Å². The molecule has 0 radical (unpaired) electrons. The van der Waals surface area contributed by atoms with Crippen molar-refractivity contribution < 1.29 is 8.91 Å². The average Bonchev–Trinajstić information content (AvgIpc) is 2.73. The van der Waals surface area contributed by atoms with Crippen molar-refractivity contribution in [1.82, 2.24) is 15.5 Å². The third-order valence-corrected chi connectivity index (χ3v) is 2.51. The summed E-state index contributed by atoms with van der Waals surface area (Å²) >= 11 is 0. The topological polar surface area (TPSA) is 51.0 Å². The molecule has 0 spiro atoms. The molecule has 0 unspecified atom stereocenters. The molecular weight excluding hydrogens is 221 g/mol. The van der Waals surface area contributed by atoms with Crippen molar-refractivity contribution in [2.75, 3.05) is 0 Å². The van der Waals surface area contributed by atoms with Crippen molar-refractivity contribution in [2.24, 2.45) is 0 Å². The summed E-state index contributed by atoms with van der Waals surface area (Å²) in [6.07, 6.45) is 0. The maximum atomic E-state index is 12.8. The first kappa shape index (κ1) is 11.7. The van der Waals surface area contributed by atoms with E-state index in [1.807, 2.05) is 6.92 Å². The molecule has 1 aromatic carbocycles. The maximum Gasteiger partial charge on any atom is 0.223 e. The number of hydrogen-bond acceptors (Lipinski definition) is 4. The molecule has 0 saturated carbocycles. The summed E-state index contributed by atoms with van der Waals surface area (Å²) in [6.45, 7) is 4.27. The minimum absolute atomic E-state index is 0.106. The van der Waals surface area contributed by atoms with Crippen LogP contribution in [0.1, 0.15) is 30.2 Å². The van der Waals surface area contributed by atoms with Gasteiger partial charge in [0.15, 0.2) is 5.82 Å². The maximum absolute atomic E-state index is 12.8. The fraction of sp³-hybridized carbons (Fsp3) is 0.333. The van der Waals surface area contributed by atoms with E-state index < -0.39 is 0 Å². The minimum Gasteiger partial charge on any atom is -0.340 e. The fourth-order valence-electron chi connectivity index (χ4n) is 1.53. The first-order chi connectivity index (χ1) is 8.15. The summed E-state index contributed by atoms with van der Waals surface area (Å²) in [5, 5.41) is 7.03. The Morgan fingerprint density at radius 2 is 2.06 bits per heavy atom. The number of nitrogens with zero attached hydrogens (tertiary/aromatic N) is 2. The second-order valence-corrected chi connectivity index (χ2v) is 3.88. The van der Waals surface area contributed by atoms with E-state index in [4.69, 9.17) is 4.52 Å². The van der Waals surface area contributed by atoms with Crippen molar-refractivity contribution in [3.63, 3.8) is 0 Å². The molecule has 5 heteroatoms. The lowest BCUT2D eigenvalue weighted by molar-refractivity contribution is 0.384. The number of aryl methyl sites for hydroxylation is 1. The number of aromatic nitrogens is 2. The predicted octanol–water partition coefficient (Wildman–Crippen LogP) is 2.37. The summed E-state index contributed by atoms with van der Waals surface area (Å²) in [7, 11) is 0. The lowest BCUT2D eigenvalue weighted by Gasteiger charge is -2.12. The van der Waals surface area contributed by atoms with Crippen molar-refractivity contribution >= 4 is 0 Å². The third-order valence-electron chi connectivity index (χ3n) is 2.51. The molecule has 1 atom stereocenters. The van der Waals surface area contributed by atoms with Crippen LogP contribution < -0.4 is 5.32 Å². The van der Waals surface area contributed by atoms with Crippen LogP contribution in [0.5, 0.6) is 0 Å². The first-order valence-electron chi connectivity index (χ1n) is 5.43. The van der Waals surface area contributed by atoms with Crippen LogP contribution in [0.15, 0.2) is 28.8 Å². The molecule has 0 aliphatic heterocycles. The Labute approximate surface area is 98.8 Å². The molecule has 0 amide bonds. The van der Waals surface area contributed by atoms with Gasteiger partial charge in [0.25, 0.3) is 0 Å². The van der Waals surface area contributed by atoms with Crippen molar-refractivity contribution in [1.29, 1.82) is 0 Å². The lowest BCUT2D eigenvalue weighted by Crippen LogP contribution is -2.18. The van der Waals surface area contributed by atoms with E-state index in [2.05, 4.69) is 15.5 Å². The molecule has 2 aromatic rings. The molecule has 4 nitrogen and oxygen atoms in total. The minimum atomic E-state index is -0.227. The number of nitrogens with one attached hydrogen (secondary N) is 1. The van der Waals surface area contributed by atoms with E-state index >= 15 is 0 Å². The van der Waals surface area contributed by atoms with E-state index in [-0.39, 0.29) is 11.9 Å². The van der Waals surface area contributed by atoms with Crippen LogP contribution in [0.4, 0.5) is 4.39 Å². The Bertz CT molecular complexity index is 481. The van der Waals surface area contributed by atoms with Gasteiger partial charge in [-0.15, -0.1) is 0 Å². The van der Waals surface area contributed by atoms with Crippen molar-refractivity contribution in [3.8, 4) is 0 Å². The van der Waals surface area contributed by atoms with Gasteiger partial charge in [0.2, 0.25) is 5.89 Å². The highest BCUT2D eigenvalue weighted by molar-refractivity contribution is 5.19. The molecule has 0 bridgehead atoms. The van der Waals surface area contributed by atoms with Gasteiger partial charge in [0, 0.05) is 13.0 Å². The van der Waals surface area contributed by atoms with Crippen molar-refractivity contribution in [2.45, 2.75) is 26.4 Å². The molecular formula is C12H14FN3O. The van der Waals surface area contributed by atoms with Gasteiger partial charge in [-0.25, -0.2) is 4.39 Å². The number of hydrogen-bond donors (Lipinski definition) is 1. The zero-order valence-corrected chi connectivity index (χ0v) is 9.77. The van der Waals surface area contributed by atoms with Gasteiger partial charge in [-0.1, -0.05) is 17.3 Å². The Morgan fingerprint density at radius 1 is 1.35 bits per heavy atom. The summed E-state index contributed by atoms with van der Waals surface area (Å²) in [6, 6.07) is 6.52. The predicted molar refractivity (Wildman–Crippen MR) is 60.7 cm³/mol. The smallest absolute Gasteiger partial charge is 0.223 e. The first-order valence-corrected chi connectivity index (χ1v) is 5.43. The van der Waals surface area contributed by atoms with Gasteiger partial charge in [-0.05, 0) is 24.6 Å². The van der Waals surface area contributed by atoms with Gasteiger partial charge in [0.05, 0.1) is 6.54 Å². The summed E-state index contributed by atoms with van der Waals surface area (Å²) < 4.78 is 17.6. The van der Waals surface area contributed by atoms with Gasteiger partial charge in [0.1, 0.15) is 5.82 Å². The van der Waals surface area contributed by atoms with Crippen LogP contribution in [-0.4, -0.2) is 10.1 Å². The number of halogens is 1. The lowest BCUT2D eigenvalue weighted by atomic mass is 10.1. The third kappa shape index (κ3) is 3.10. The van der Waals surface area contributed by atoms with Gasteiger partial charge >= 0.3 is 0 Å². The average molecular weight is 235 g/mol. The van der Waals surface area contributed by atoms with Crippen LogP contribution in [0.3, 0.4) is 0 Å². The second-order valence-electron chi connectivity index (χ2n) is 3.88. The fourth-order valence-corrected chi connectivity index (χ4v) is 1.53. The molecule has 0 saturated heterocycles. The van der Waals surface area contributed by atoms with Gasteiger partial charge in [-0.2, -0.15) is 4.98 Å². The number of benzene rings is 1. The highest BCUT2D eigenvalue weighted by Crippen LogP contribution is 2.13. The highest BCUT2D eigenvalue weighted by atomic mass is 19.1. The van der Waals surface area contributed by atoms with E-state index in [9.17, 15) is 4.39 Å². The molecule has 1 N–H and O–H groups in total. The van der Waals surface area contributed by atoms with Gasteiger partial charge < -0.3 is 9.84 Å². The molecule has 1 heterocycles. The summed E-state index contributed by atoms with van der Waals surface area (Å²) in [5.74, 6) is 0.947. The molecule has 1 aromatic heterocycles. The van der Waals surface area contributed by atoms with Crippen molar-refractivity contribution in [3.05, 3.63) is 47.4 Å². The normalized spacial score (nSPS) is 12.6. The largest absolute Gasteiger partial charge is 0.340 e. The van der Waals surface area contributed by atoms with Crippen LogP contribution >= 0.6 is 0 Å². The molecule has 0 aliphatic carbocycles. The Balaban J connectivity index is 1.93.